The molecule has 5 heteroatoms. The molecule has 0 unspecified atom stereocenters. The zero-order chi connectivity index (χ0) is 13.0. The minimum absolute atomic E-state index is 0.0512. The Kier molecular flexibility index (Phi) is 3.74. The molecular formula is C13H14N2O3. The first-order valence-electron chi connectivity index (χ1n) is 5.63. The fourth-order valence-electron chi connectivity index (χ4n) is 1.59. The van der Waals surface area contributed by atoms with Crippen LogP contribution < -0.4 is 5.32 Å². The molecule has 0 fully saturated rings. The van der Waals surface area contributed by atoms with Crippen molar-refractivity contribution in [1.82, 2.24) is 10.3 Å². The standard InChI is InChI=1S/C13H14N2O3/c1-9(12-6-3-7-18-12)14-8-10-4-2-5-11(15-10)13(16)17/h2-7,9,14H,8H2,1H3,(H,16,17)/t9-/m1/s1. The van der Waals surface area contributed by atoms with Gasteiger partial charge in [0.05, 0.1) is 18.0 Å². The van der Waals surface area contributed by atoms with Gasteiger partial charge in [0.1, 0.15) is 11.5 Å². The third-order valence-corrected chi connectivity index (χ3v) is 2.59. The Morgan fingerprint density at radius 3 is 2.94 bits per heavy atom. The van der Waals surface area contributed by atoms with Gasteiger partial charge in [0.2, 0.25) is 0 Å². The summed E-state index contributed by atoms with van der Waals surface area (Å²) in [5.74, 6) is -0.180. The van der Waals surface area contributed by atoms with E-state index in [0.717, 1.165) is 5.76 Å². The molecule has 18 heavy (non-hydrogen) atoms. The third kappa shape index (κ3) is 2.95. The molecule has 0 aliphatic rings. The highest BCUT2D eigenvalue weighted by Crippen LogP contribution is 2.12. The van der Waals surface area contributed by atoms with Gasteiger partial charge in [0.15, 0.2) is 0 Å². The average molecular weight is 246 g/mol. The quantitative estimate of drug-likeness (QED) is 0.846. The van der Waals surface area contributed by atoms with Crippen molar-refractivity contribution >= 4 is 5.97 Å². The molecule has 0 spiro atoms. The fourth-order valence-corrected chi connectivity index (χ4v) is 1.59. The van der Waals surface area contributed by atoms with E-state index in [0.29, 0.717) is 12.2 Å². The molecule has 0 bridgehead atoms. The van der Waals surface area contributed by atoms with Gasteiger partial charge in [-0.25, -0.2) is 9.78 Å². The second kappa shape index (κ2) is 5.46. The fraction of sp³-hybridized carbons (Fsp3) is 0.231. The zero-order valence-electron chi connectivity index (χ0n) is 9.96. The Labute approximate surface area is 104 Å². The van der Waals surface area contributed by atoms with Crippen LogP contribution in [-0.2, 0) is 6.54 Å². The van der Waals surface area contributed by atoms with Crippen molar-refractivity contribution in [2.24, 2.45) is 0 Å². The largest absolute Gasteiger partial charge is 0.477 e. The van der Waals surface area contributed by atoms with Crippen LogP contribution >= 0.6 is 0 Å². The smallest absolute Gasteiger partial charge is 0.354 e. The monoisotopic (exact) mass is 246 g/mol. The lowest BCUT2D eigenvalue weighted by molar-refractivity contribution is 0.0690. The van der Waals surface area contributed by atoms with Gasteiger partial charge in [0, 0.05) is 6.54 Å². The number of hydrogen-bond donors (Lipinski definition) is 2. The second-order valence-corrected chi connectivity index (χ2v) is 3.94. The first-order valence-corrected chi connectivity index (χ1v) is 5.63. The maximum absolute atomic E-state index is 10.8. The molecule has 0 amide bonds. The third-order valence-electron chi connectivity index (χ3n) is 2.59. The molecule has 5 nitrogen and oxygen atoms in total. The van der Waals surface area contributed by atoms with E-state index < -0.39 is 5.97 Å². The van der Waals surface area contributed by atoms with Crippen LogP contribution in [-0.4, -0.2) is 16.1 Å². The summed E-state index contributed by atoms with van der Waals surface area (Å²) in [5, 5.41) is 12.1. The van der Waals surface area contributed by atoms with E-state index in [4.69, 9.17) is 9.52 Å². The van der Waals surface area contributed by atoms with Gasteiger partial charge in [-0.15, -0.1) is 0 Å². The first-order chi connectivity index (χ1) is 8.66. The minimum Gasteiger partial charge on any atom is -0.477 e. The van der Waals surface area contributed by atoms with E-state index in [1.54, 1.807) is 18.4 Å². The normalized spacial score (nSPS) is 12.3. The summed E-state index contributed by atoms with van der Waals surface area (Å²) in [6.45, 7) is 2.46. The number of aromatic carboxylic acids is 1. The van der Waals surface area contributed by atoms with Crippen LogP contribution in [0.5, 0.6) is 0 Å². The van der Waals surface area contributed by atoms with Gasteiger partial charge >= 0.3 is 5.97 Å². The van der Waals surface area contributed by atoms with Crippen LogP contribution in [0.25, 0.3) is 0 Å². The van der Waals surface area contributed by atoms with Crippen LogP contribution in [0.3, 0.4) is 0 Å². The SMILES string of the molecule is C[C@@H](NCc1cccc(C(=O)O)n1)c1ccco1. The molecule has 2 aromatic heterocycles. The molecule has 2 rings (SSSR count). The highest BCUT2D eigenvalue weighted by molar-refractivity contribution is 5.85. The highest BCUT2D eigenvalue weighted by Gasteiger charge is 2.09. The number of carbonyl (C=O) groups is 1. The maximum Gasteiger partial charge on any atom is 0.354 e. The van der Waals surface area contributed by atoms with Crippen molar-refractivity contribution in [3.8, 4) is 0 Å². The van der Waals surface area contributed by atoms with E-state index in [2.05, 4.69) is 10.3 Å². The lowest BCUT2D eigenvalue weighted by Crippen LogP contribution is -2.18. The van der Waals surface area contributed by atoms with Crippen LogP contribution in [0.4, 0.5) is 0 Å². The molecule has 2 aromatic rings. The first kappa shape index (κ1) is 12.3. The Balaban J connectivity index is 1.98. The maximum atomic E-state index is 10.8. The topological polar surface area (TPSA) is 75.4 Å². The van der Waals surface area contributed by atoms with E-state index in [1.165, 1.54) is 6.07 Å². The number of carboxylic acids is 1. The van der Waals surface area contributed by atoms with Crippen molar-refractivity contribution in [3.63, 3.8) is 0 Å². The van der Waals surface area contributed by atoms with E-state index in [9.17, 15) is 4.79 Å². The zero-order valence-corrected chi connectivity index (χ0v) is 9.96. The predicted molar refractivity (Wildman–Crippen MR) is 65.2 cm³/mol. The van der Waals surface area contributed by atoms with E-state index in [1.807, 2.05) is 19.1 Å². The molecule has 0 radical (unpaired) electrons. The van der Waals surface area contributed by atoms with Crippen LogP contribution in [0, 0.1) is 0 Å². The second-order valence-electron chi connectivity index (χ2n) is 3.94. The van der Waals surface area contributed by atoms with Crippen molar-refractivity contribution in [3.05, 3.63) is 53.7 Å². The van der Waals surface area contributed by atoms with Gasteiger partial charge in [-0.3, -0.25) is 0 Å². The summed E-state index contributed by atoms with van der Waals surface area (Å²) in [7, 11) is 0. The van der Waals surface area contributed by atoms with Crippen molar-refractivity contribution in [2.45, 2.75) is 19.5 Å². The molecule has 2 heterocycles. The Bertz CT molecular complexity index is 523. The molecule has 1 atom stereocenters. The molecule has 94 valence electrons. The number of hydrogen-bond acceptors (Lipinski definition) is 4. The number of nitrogens with one attached hydrogen (secondary N) is 1. The average Bonchev–Trinajstić information content (AvgIpc) is 2.90. The number of aromatic nitrogens is 1. The molecule has 0 saturated carbocycles. The summed E-state index contributed by atoms with van der Waals surface area (Å²) < 4.78 is 5.27. The molecule has 0 aliphatic carbocycles. The van der Waals surface area contributed by atoms with Crippen LogP contribution in [0.2, 0.25) is 0 Å². The summed E-state index contributed by atoms with van der Waals surface area (Å²) in [5.41, 5.74) is 0.744. The lowest BCUT2D eigenvalue weighted by Gasteiger charge is -2.10. The number of rotatable bonds is 5. The number of pyridine rings is 1. The van der Waals surface area contributed by atoms with Gasteiger partial charge < -0.3 is 14.8 Å². The van der Waals surface area contributed by atoms with Gasteiger partial charge in [-0.1, -0.05) is 6.07 Å². The summed E-state index contributed by atoms with van der Waals surface area (Å²) in [4.78, 5) is 14.8. The summed E-state index contributed by atoms with van der Waals surface area (Å²) >= 11 is 0. The van der Waals surface area contributed by atoms with Crippen LogP contribution in [0.15, 0.2) is 41.0 Å². The van der Waals surface area contributed by atoms with E-state index >= 15 is 0 Å². The van der Waals surface area contributed by atoms with Crippen molar-refractivity contribution in [2.75, 3.05) is 0 Å². The van der Waals surface area contributed by atoms with Gasteiger partial charge in [-0.05, 0) is 31.2 Å². The predicted octanol–water partition coefficient (Wildman–Crippen LogP) is 2.22. The van der Waals surface area contributed by atoms with Gasteiger partial charge in [-0.2, -0.15) is 0 Å². The lowest BCUT2D eigenvalue weighted by atomic mass is 10.2. The minimum atomic E-state index is -1.02. The Hall–Kier alpha value is -2.14. The van der Waals surface area contributed by atoms with E-state index in [-0.39, 0.29) is 11.7 Å². The summed E-state index contributed by atoms with van der Waals surface area (Å²) in [6.07, 6.45) is 1.62. The van der Waals surface area contributed by atoms with Crippen molar-refractivity contribution < 1.29 is 14.3 Å². The molecular weight excluding hydrogens is 232 g/mol. The molecule has 2 N–H and O–H groups in total. The highest BCUT2D eigenvalue weighted by atomic mass is 16.4. The number of furan rings is 1. The molecule has 0 saturated heterocycles. The van der Waals surface area contributed by atoms with Crippen molar-refractivity contribution in [1.29, 1.82) is 0 Å². The molecule has 0 aromatic carbocycles. The Morgan fingerprint density at radius 1 is 1.44 bits per heavy atom. The number of carboxylic acid groups (broad SMARTS) is 1. The Morgan fingerprint density at radius 2 is 2.28 bits per heavy atom. The van der Waals surface area contributed by atoms with Gasteiger partial charge in [0.25, 0.3) is 0 Å². The molecule has 0 aliphatic heterocycles. The van der Waals surface area contributed by atoms with Crippen LogP contribution in [0.1, 0.15) is 34.9 Å². The number of nitrogens with zero attached hydrogens (tertiary/aromatic N) is 1. The summed E-state index contributed by atoms with van der Waals surface area (Å²) in [6, 6.07) is 8.71.